The Hall–Kier alpha value is -0.850. The van der Waals surface area contributed by atoms with E-state index < -0.39 is 16.7 Å². The third-order valence-corrected chi connectivity index (χ3v) is 4.73. The van der Waals surface area contributed by atoms with Gasteiger partial charge in [0.25, 0.3) is 0 Å². The van der Waals surface area contributed by atoms with Gasteiger partial charge in [0.1, 0.15) is 11.6 Å². The predicted octanol–water partition coefficient (Wildman–Crippen LogP) is 1.71. The Kier molecular flexibility index (Phi) is 3.29. The zero-order valence-corrected chi connectivity index (χ0v) is 10.8. The van der Waals surface area contributed by atoms with Gasteiger partial charge in [-0.25, -0.2) is 12.8 Å². The molecule has 0 atom stereocenters. The van der Waals surface area contributed by atoms with Crippen LogP contribution in [0.4, 0.5) is 10.1 Å². The van der Waals surface area contributed by atoms with Crippen LogP contribution in [-0.4, -0.2) is 39.7 Å². The molecule has 0 fully saturated rings. The van der Waals surface area contributed by atoms with Gasteiger partial charge >= 0.3 is 0 Å². The molecule has 0 unspecified atom stereocenters. The van der Waals surface area contributed by atoms with Crippen LogP contribution in [0.2, 0.25) is 5.02 Å². The number of alkyl halides is 1. The lowest BCUT2D eigenvalue weighted by Gasteiger charge is -2.35. The van der Waals surface area contributed by atoms with E-state index in [4.69, 9.17) is 11.6 Å². The SMILES string of the molecule is CN1CN(CCF)c2ccc(Cl)cc2S1(=O)=O. The number of sulfonamides is 1. The number of anilines is 1. The smallest absolute Gasteiger partial charge is 0.246 e. The van der Waals surface area contributed by atoms with Gasteiger partial charge in [-0.2, -0.15) is 4.31 Å². The van der Waals surface area contributed by atoms with E-state index in [2.05, 4.69) is 0 Å². The molecule has 0 bridgehead atoms. The van der Waals surface area contributed by atoms with Gasteiger partial charge in [-0.1, -0.05) is 11.6 Å². The summed E-state index contributed by atoms with van der Waals surface area (Å²) < 4.78 is 37.7. The summed E-state index contributed by atoms with van der Waals surface area (Å²) in [6.45, 7) is -0.217. The number of nitrogens with zero attached hydrogens (tertiary/aromatic N) is 2. The number of hydrogen-bond donors (Lipinski definition) is 0. The van der Waals surface area contributed by atoms with Crippen molar-refractivity contribution in [3.8, 4) is 0 Å². The van der Waals surface area contributed by atoms with Gasteiger partial charge in [0, 0.05) is 18.6 Å². The molecule has 4 nitrogen and oxygen atoms in total. The fraction of sp³-hybridized carbons (Fsp3) is 0.400. The summed E-state index contributed by atoms with van der Waals surface area (Å²) in [6.07, 6.45) is 0. The molecule has 1 aromatic rings. The summed E-state index contributed by atoms with van der Waals surface area (Å²) >= 11 is 5.80. The fourth-order valence-electron chi connectivity index (χ4n) is 1.81. The standard InChI is InChI=1S/C10H12ClFN2O2S/c1-13-7-14(5-4-12)9-3-2-8(11)6-10(9)17(13,15)16/h2-3,6H,4-5,7H2,1H3. The molecular weight excluding hydrogens is 267 g/mol. The highest BCUT2D eigenvalue weighted by Crippen LogP contribution is 2.34. The normalized spacial score (nSPS) is 19.1. The molecule has 0 aromatic heterocycles. The molecule has 1 aliphatic rings. The van der Waals surface area contributed by atoms with Crippen LogP contribution in [0.3, 0.4) is 0 Å². The van der Waals surface area contributed by atoms with Crippen LogP contribution in [0.1, 0.15) is 0 Å². The van der Waals surface area contributed by atoms with Crippen molar-refractivity contribution >= 4 is 27.3 Å². The van der Waals surface area contributed by atoms with Crippen molar-refractivity contribution in [2.75, 3.05) is 31.8 Å². The fourth-order valence-corrected chi connectivity index (χ4v) is 3.41. The summed E-state index contributed by atoms with van der Waals surface area (Å²) in [4.78, 5) is 1.80. The molecule has 0 amide bonds. The number of fused-ring (bicyclic) bond motifs is 1. The maximum Gasteiger partial charge on any atom is 0.246 e. The molecular formula is C10H12ClFN2O2S. The number of rotatable bonds is 2. The second kappa shape index (κ2) is 4.44. The average molecular weight is 279 g/mol. The minimum absolute atomic E-state index is 0.132. The first-order chi connectivity index (χ1) is 7.96. The van der Waals surface area contributed by atoms with E-state index in [9.17, 15) is 12.8 Å². The zero-order valence-electron chi connectivity index (χ0n) is 9.23. The van der Waals surface area contributed by atoms with Crippen molar-refractivity contribution in [3.63, 3.8) is 0 Å². The summed E-state index contributed by atoms with van der Waals surface area (Å²) in [5.41, 5.74) is 0.505. The van der Waals surface area contributed by atoms with Gasteiger partial charge < -0.3 is 4.90 Å². The van der Waals surface area contributed by atoms with Crippen molar-refractivity contribution < 1.29 is 12.8 Å². The van der Waals surface area contributed by atoms with E-state index in [0.717, 1.165) is 0 Å². The first kappa shape index (κ1) is 12.6. The Morgan fingerprint density at radius 2 is 2.18 bits per heavy atom. The number of benzene rings is 1. The van der Waals surface area contributed by atoms with E-state index in [1.807, 2.05) is 0 Å². The lowest BCUT2D eigenvalue weighted by molar-refractivity contribution is 0.424. The van der Waals surface area contributed by atoms with E-state index >= 15 is 0 Å². The van der Waals surface area contributed by atoms with Gasteiger partial charge in [-0.15, -0.1) is 0 Å². The first-order valence-corrected chi connectivity index (χ1v) is 6.85. The summed E-state index contributed by atoms with van der Waals surface area (Å²) in [6, 6.07) is 4.61. The van der Waals surface area contributed by atoms with E-state index in [0.29, 0.717) is 10.7 Å². The zero-order chi connectivity index (χ0) is 12.6. The topological polar surface area (TPSA) is 40.6 Å². The van der Waals surface area contributed by atoms with E-state index in [-0.39, 0.29) is 18.1 Å². The van der Waals surface area contributed by atoms with Crippen molar-refractivity contribution in [2.45, 2.75) is 4.90 Å². The first-order valence-electron chi connectivity index (χ1n) is 5.03. The Balaban J connectivity index is 2.59. The molecule has 2 rings (SSSR count). The molecule has 0 saturated heterocycles. The number of hydrogen-bond acceptors (Lipinski definition) is 3. The van der Waals surface area contributed by atoms with Crippen LogP contribution in [0.15, 0.2) is 23.1 Å². The average Bonchev–Trinajstić information content (AvgIpc) is 2.26. The molecule has 1 aromatic carbocycles. The monoisotopic (exact) mass is 278 g/mol. The Morgan fingerprint density at radius 1 is 1.47 bits per heavy atom. The third-order valence-electron chi connectivity index (χ3n) is 2.68. The van der Waals surface area contributed by atoms with Crippen molar-refractivity contribution in [3.05, 3.63) is 23.2 Å². The largest absolute Gasteiger partial charge is 0.354 e. The Morgan fingerprint density at radius 3 is 2.82 bits per heavy atom. The van der Waals surface area contributed by atoms with Crippen LogP contribution in [0.5, 0.6) is 0 Å². The van der Waals surface area contributed by atoms with Crippen LogP contribution >= 0.6 is 11.6 Å². The minimum Gasteiger partial charge on any atom is -0.354 e. The third kappa shape index (κ3) is 2.12. The molecule has 0 aliphatic carbocycles. The summed E-state index contributed by atoms with van der Waals surface area (Å²) in [5.74, 6) is 0. The highest BCUT2D eigenvalue weighted by atomic mass is 35.5. The highest BCUT2D eigenvalue weighted by molar-refractivity contribution is 7.89. The molecule has 0 N–H and O–H groups in total. The lowest BCUT2D eigenvalue weighted by Crippen LogP contribution is -2.45. The van der Waals surface area contributed by atoms with E-state index in [1.165, 1.54) is 17.4 Å². The molecule has 0 radical (unpaired) electrons. The van der Waals surface area contributed by atoms with Crippen molar-refractivity contribution in [2.24, 2.45) is 0 Å². The Labute approximate surface area is 105 Å². The van der Waals surface area contributed by atoms with Crippen molar-refractivity contribution in [1.29, 1.82) is 0 Å². The lowest BCUT2D eigenvalue weighted by atomic mass is 10.3. The van der Waals surface area contributed by atoms with Gasteiger partial charge in [0.15, 0.2) is 0 Å². The van der Waals surface area contributed by atoms with Crippen LogP contribution in [0.25, 0.3) is 0 Å². The van der Waals surface area contributed by atoms with Crippen LogP contribution in [0, 0.1) is 0 Å². The molecule has 0 spiro atoms. The Bertz CT molecular complexity index is 535. The molecule has 7 heteroatoms. The summed E-state index contributed by atoms with van der Waals surface area (Å²) in [7, 11) is -2.05. The maximum absolute atomic E-state index is 12.4. The second-order valence-electron chi connectivity index (χ2n) is 3.81. The highest BCUT2D eigenvalue weighted by Gasteiger charge is 2.32. The van der Waals surface area contributed by atoms with Crippen LogP contribution in [-0.2, 0) is 10.0 Å². The van der Waals surface area contributed by atoms with Gasteiger partial charge in [-0.05, 0) is 18.2 Å². The molecule has 1 aliphatic heterocycles. The molecule has 1 heterocycles. The second-order valence-corrected chi connectivity index (χ2v) is 6.26. The quantitative estimate of drug-likeness (QED) is 0.827. The summed E-state index contributed by atoms with van der Waals surface area (Å²) in [5, 5.41) is 0.350. The van der Waals surface area contributed by atoms with Gasteiger partial charge in [-0.3, -0.25) is 0 Å². The van der Waals surface area contributed by atoms with Gasteiger partial charge in [0.05, 0.1) is 12.4 Å². The molecule has 17 heavy (non-hydrogen) atoms. The van der Waals surface area contributed by atoms with Gasteiger partial charge in [0.2, 0.25) is 10.0 Å². The minimum atomic E-state index is -3.51. The molecule has 94 valence electrons. The predicted molar refractivity (Wildman–Crippen MR) is 64.6 cm³/mol. The van der Waals surface area contributed by atoms with Crippen LogP contribution < -0.4 is 4.90 Å². The van der Waals surface area contributed by atoms with Crippen molar-refractivity contribution in [1.82, 2.24) is 4.31 Å². The van der Waals surface area contributed by atoms with E-state index in [1.54, 1.807) is 17.0 Å². The molecule has 0 saturated carbocycles. The number of halogens is 2. The maximum atomic E-state index is 12.4.